The van der Waals surface area contributed by atoms with Gasteiger partial charge < -0.3 is 15.5 Å². The van der Waals surface area contributed by atoms with Crippen LogP contribution in [0, 0.1) is 0 Å². The van der Waals surface area contributed by atoms with Gasteiger partial charge in [-0.1, -0.05) is 24.3 Å². The molecule has 5 rings (SSSR count). The lowest BCUT2D eigenvalue weighted by Gasteiger charge is -2.39. The molecule has 0 bridgehead atoms. The minimum absolute atomic E-state index is 0.0585. The van der Waals surface area contributed by atoms with Crippen LogP contribution < -0.4 is 15.5 Å². The maximum Gasteiger partial charge on any atom is 0.255 e. The Morgan fingerprint density at radius 2 is 1.74 bits per heavy atom. The first-order chi connectivity index (χ1) is 15.0. The molecule has 2 saturated heterocycles. The number of nitrogens with zero attached hydrogens (tertiary/aromatic N) is 3. The summed E-state index contributed by atoms with van der Waals surface area (Å²) in [6.45, 7) is 5.66. The molecule has 1 aromatic carbocycles. The first kappa shape index (κ1) is 20.0. The molecule has 3 aliphatic rings. The van der Waals surface area contributed by atoms with Crippen LogP contribution in [0.4, 0.5) is 5.95 Å². The Morgan fingerprint density at radius 1 is 1.00 bits per heavy atom. The number of carbonyl (C=O) groups is 2. The van der Waals surface area contributed by atoms with Crippen LogP contribution in [0.15, 0.2) is 24.3 Å². The smallest absolute Gasteiger partial charge is 0.255 e. The van der Waals surface area contributed by atoms with Crippen molar-refractivity contribution in [2.45, 2.75) is 70.5 Å². The first-order valence-corrected chi connectivity index (χ1v) is 11.3. The molecule has 0 unspecified atom stereocenters. The Balaban J connectivity index is 1.46. The maximum absolute atomic E-state index is 12.5. The van der Waals surface area contributed by atoms with E-state index in [1.807, 2.05) is 24.3 Å². The van der Waals surface area contributed by atoms with Crippen molar-refractivity contribution in [2.75, 3.05) is 11.4 Å². The normalized spacial score (nSPS) is 25.4. The monoisotopic (exact) mass is 419 g/mol. The summed E-state index contributed by atoms with van der Waals surface area (Å²) in [4.78, 5) is 36.5. The van der Waals surface area contributed by atoms with Crippen molar-refractivity contribution in [3.8, 4) is 0 Å². The second-order valence-corrected chi connectivity index (χ2v) is 9.06. The van der Waals surface area contributed by atoms with Crippen LogP contribution in [0.1, 0.15) is 78.3 Å². The van der Waals surface area contributed by atoms with E-state index in [4.69, 9.17) is 9.97 Å². The Morgan fingerprint density at radius 3 is 2.42 bits per heavy atom. The van der Waals surface area contributed by atoms with Crippen LogP contribution in [-0.4, -0.2) is 40.4 Å². The second-order valence-electron chi connectivity index (χ2n) is 9.06. The summed E-state index contributed by atoms with van der Waals surface area (Å²) in [6.07, 6.45) is 4.90. The van der Waals surface area contributed by atoms with Gasteiger partial charge in [0, 0.05) is 25.0 Å². The molecule has 2 amide bonds. The number of hydrogen-bond acceptors (Lipinski definition) is 5. The molecule has 0 radical (unpaired) electrons. The number of piperidine rings is 1. The lowest BCUT2D eigenvalue weighted by Crippen LogP contribution is -2.45. The Bertz CT molecular complexity index is 1010. The molecule has 0 aliphatic carbocycles. The summed E-state index contributed by atoms with van der Waals surface area (Å²) in [6, 6.07) is 8.93. The average molecular weight is 420 g/mol. The molecule has 4 heterocycles. The topological polar surface area (TPSA) is 87.2 Å². The molecule has 3 atom stereocenters. The predicted octanol–water partition coefficient (Wildman–Crippen LogP) is 2.68. The van der Waals surface area contributed by atoms with Gasteiger partial charge in [0.1, 0.15) is 0 Å². The Labute approximate surface area is 182 Å². The molecule has 1 aromatic heterocycles. The Kier molecular flexibility index (Phi) is 5.12. The Hall–Kier alpha value is -2.96. The van der Waals surface area contributed by atoms with Crippen molar-refractivity contribution in [1.82, 2.24) is 20.6 Å². The molecule has 2 N–H and O–H groups in total. The fourth-order valence-electron chi connectivity index (χ4n) is 5.22. The van der Waals surface area contributed by atoms with Crippen LogP contribution in [0.25, 0.3) is 0 Å². The van der Waals surface area contributed by atoms with Crippen LogP contribution in [-0.2, 0) is 17.8 Å². The predicted molar refractivity (Wildman–Crippen MR) is 118 cm³/mol. The van der Waals surface area contributed by atoms with Crippen LogP contribution in [0.3, 0.4) is 0 Å². The van der Waals surface area contributed by atoms with Crippen molar-refractivity contribution < 1.29 is 9.59 Å². The van der Waals surface area contributed by atoms with E-state index in [1.54, 1.807) is 0 Å². The quantitative estimate of drug-likeness (QED) is 0.796. The largest absolute Gasteiger partial charge is 0.356 e. The van der Waals surface area contributed by atoms with Gasteiger partial charge in [0.15, 0.2) is 0 Å². The third-order valence-corrected chi connectivity index (χ3v) is 6.92. The van der Waals surface area contributed by atoms with Gasteiger partial charge in [-0.15, -0.1) is 0 Å². The second kappa shape index (κ2) is 7.94. The summed E-state index contributed by atoms with van der Waals surface area (Å²) >= 11 is 0. The molecular weight excluding hydrogens is 390 g/mol. The highest BCUT2D eigenvalue weighted by Crippen LogP contribution is 2.30. The summed E-state index contributed by atoms with van der Waals surface area (Å²) in [5.74, 6) is 0.698. The van der Waals surface area contributed by atoms with Gasteiger partial charge in [0.2, 0.25) is 11.9 Å². The van der Waals surface area contributed by atoms with Crippen molar-refractivity contribution in [2.24, 2.45) is 0 Å². The minimum atomic E-state index is -0.0875. The molecule has 162 valence electrons. The maximum atomic E-state index is 12.5. The highest BCUT2D eigenvalue weighted by molar-refractivity contribution is 5.99. The molecule has 2 aromatic rings. The fourth-order valence-corrected chi connectivity index (χ4v) is 5.22. The molecular formula is C24H29N5O2. The highest BCUT2D eigenvalue weighted by Gasteiger charge is 2.32. The zero-order valence-electron chi connectivity index (χ0n) is 18.1. The number of nitrogens with one attached hydrogen (secondary N) is 2. The van der Waals surface area contributed by atoms with Crippen LogP contribution in [0.5, 0.6) is 0 Å². The fraction of sp³-hybridized carbons (Fsp3) is 0.500. The molecule has 0 spiro atoms. The molecule has 2 fully saturated rings. The van der Waals surface area contributed by atoms with Crippen molar-refractivity contribution in [1.29, 1.82) is 0 Å². The summed E-state index contributed by atoms with van der Waals surface area (Å²) in [5.41, 5.74) is 4.33. The number of benzene rings is 1. The number of rotatable bonds is 4. The van der Waals surface area contributed by atoms with Crippen molar-refractivity contribution in [3.05, 3.63) is 52.3 Å². The number of fused-ring (bicyclic) bond motifs is 1. The number of carbonyl (C=O) groups excluding carboxylic acids is 2. The van der Waals surface area contributed by atoms with E-state index >= 15 is 0 Å². The van der Waals surface area contributed by atoms with Crippen LogP contribution >= 0.6 is 0 Å². The SMILES string of the molecule is C[C@@H]1CCC[C@H](C)N1c1nc2c(c(Cc3ccc([C@H]4CCNC4=O)cc3)n1)C(=O)NC2. The lowest BCUT2D eigenvalue weighted by molar-refractivity contribution is -0.120. The average Bonchev–Trinajstić information content (AvgIpc) is 3.34. The minimum Gasteiger partial charge on any atom is -0.356 e. The van der Waals surface area contributed by atoms with E-state index in [1.165, 1.54) is 6.42 Å². The van der Waals surface area contributed by atoms with Gasteiger partial charge in [-0.3, -0.25) is 9.59 Å². The van der Waals surface area contributed by atoms with E-state index in [0.717, 1.165) is 54.3 Å². The third-order valence-electron chi connectivity index (χ3n) is 6.92. The zero-order valence-corrected chi connectivity index (χ0v) is 18.1. The van der Waals surface area contributed by atoms with Gasteiger partial charge in [0.05, 0.1) is 29.4 Å². The van der Waals surface area contributed by atoms with Gasteiger partial charge >= 0.3 is 0 Å². The van der Waals surface area contributed by atoms with E-state index in [2.05, 4.69) is 29.4 Å². The molecule has 31 heavy (non-hydrogen) atoms. The first-order valence-electron chi connectivity index (χ1n) is 11.3. The van der Waals surface area contributed by atoms with E-state index in [-0.39, 0.29) is 17.7 Å². The van der Waals surface area contributed by atoms with E-state index in [0.29, 0.717) is 30.6 Å². The van der Waals surface area contributed by atoms with Gasteiger partial charge in [-0.2, -0.15) is 0 Å². The van der Waals surface area contributed by atoms with Gasteiger partial charge in [-0.25, -0.2) is 9.97 Å². The number of amides is 2. The molecule has 7 heteroatoms. The highest BCUT2D eigenvalue weighted by atomic mass is 16.2. The summed E-state index contributed by atoms with van der Waals surface area (Å²) in [5, 5.41) is 5.81. The van der Waals surface area contributed by atoms with Crippen LogP contribution in [0.2, 0.25) is 0 Å². The molecule has 0 saturated carbocycles. The van der Waals surface area contributed by atoms with E-state index < -0.39 is 0 Å². The number of hydrogen-bond donors (Lipinski definition) is 2. The van der Waals surface area contributed by atoms with Gasteiger partial charge in [-0.05, 0) is 50.7 Å². The molecule has 7 nitrogen and oxygen atoms in total. The standard InChI is InChI=1S/C24H29N5O2/c1-14-4-3-5-15(2)29(14)24-27-19(21-20(28-24)13-26-23(21)31)12-16-6-8-17(9-7-16)18-10-11-25-22(18)30/h6-9,14-15,18H,3-5,10-13H2,1-2H3,(H,25,30)(H,26,31)/t14-,15+,18-/m1/s1. The summed E-state index contributed by atoms with van der Waals surface area (Å²) in [7, 11) is 0. The third kappa shape index (κ3) is 3.66. The summed E-state index contributed by atoms with van der Waals surface area (Å²) < 4.78 is 0. The molecule has 3 aliphatic heterocycles. The number of aromatic nitrogens is 2. The van der Waals surface area contributed by atoms with Crippen molar-refractivity contribution in [3.63, 3.8) is 0 Å². The van der Waals surface area contributed by atoms with Crippen molar-refractivity contribution >= 4 is 17.8 Å². The van der Waals surface area contributed by atoms with E-state index in [9.17, 15) is 9.59 Å². The van der Waals surface area contributed by atoms with Gasteiger partial charge in [0.25, 0.3) is 5.91 Å². The number of anilines is 1. The lowest BCUT2D eigenvalue weighted by atomic mass is 9.95. The zero-order chi connectivity index (χ0) is 21.5.